The van der Waals surface area contributed by atoms with Gasteiger partial charge >= 0.3 is 0 Å². The molecule has 0 saturated heterocycles. The van der Waals surface area contributed by atoms with Crippen molar-refractivity contribution in [3.63, 3.8) is 0 Å². The highest BCUT2D eigenvalue weighted by Crippen LogP contribution is 2.10. The zero-order valence-electron chi connectivity index (χ0n) is 11.1. The summed E-state index contributed by atoms with van der Waals surface area (Å²) in [6, 6.07) is 4.43. The number of hydrogen-bond donors (Lipinski definition) is 2. The molecule has 0 atom stereocenters. The van der Waals surface area contributed by atoms with Crippen LogP contribution in [0.3, 0.4) is 0 Å². The normalized spacial score (nSPS) is 14.9. The third-order valence-corrected chi connectivity index (χ3v) is 3.31. The second-order valence-corrected chi connectivity index (χ2v) is 4.79. The van der Waals surface area contributed by atoms with E-state index in [9.17, 15) is 9.18 Å². The van der Waals surface area contributed by atoms with Crippen LogP contribution in [0.25, 0.3) is 0 Å². The molecule has 2 N–H and O–H groups in total. The Hall–Kier alpha value is -1.68. The van der Waals surface area contributed by atoms with Crippen molar-refractivity contribution >= 4 is 5.91 Å². The smallest absolute Gasteiger partial charge is 0.251 e. The van der Waals surface area contributed by atoms with Crippen molar-refractivity contribution in [1.82, 2.24) is 10.6 Å². The van der Waals surface area contributed by atoms with Gasteiger partial charge in [-0.1, -0.05) is 11.6 Å². The summed E-state index contributed by atoms with van der Waals surface area (Å²) < 4.78 is 13.1. The Morgan fingerprint density at radius 2 is 2.32 bits per heavy atom. The zero-order valence-corrected chi connectivity index (χ0v) is 11.1. The Bertz CT molecular complexity index is 497. The van der Waals surface area contributed by atoms with E-state index in [0.29, 0.717) is 17.7 Å². The molecule has 1 aliphatic rings. The van der Waals surface area contributed by atoms with Crippen LogP contribution in [0.5, 0.6) is 0 Å². The van der Waals surface area contributed by atoms with Gasteiger partial charge in [0.15, 0.2) is 0 Å². The minimum atomic E-state index is -0.281. The van der Waals surface area contributed by atoms with Gasteiger partial charge in [-0.3, -0.25) is 4.79 Å². The number of amides is 1. The Balaban J connectivity index is 1.83. The second kappa shape index (κ2) is 6.48. The second-order valence-electron chi connectivity index (χ2n) is 4.79. The summed E-state index contributed by atoms with van der Waals surface area (Å²) in [6.45, 7) is 4.21. The number of rotatable bonds is 4. The first-order valence-electron chi connectivity index (χ1n) is 6.60. The molecule has 102 valence electrons. The Labute approximate surface area is 112 Å². The minimum Gasteiger partial charge on any atom is -0.352 e. The van der Waals surface area contributed by atoms with E-state index in [4.69, 9.17) is 0 Å². The molecule has 0 radical (unpaired) electrons. The maximum absolute atomic E-state index is 13.1. The maximum Gasteiger partial charge on any atom is 0.251 e. The molecule has 4 heteroatoms. The van der Waals surface area contributed by atoms with Crippen molar-refractivity contribution in [1.29, 1.82) is 0 Å². The summed E-state index contributed by atoms with van der Waals surface area (Å²) in [5.41, 5.74) is 2.39. The number of carbonyl (C=O) groups excluding carboxylic acids is 1. The zero-order chi connectivity index (χ0) is 13.7. The summed E-state index contributed by atoms with van der Waals surface area (Å²) >= 11 is 0. The fourth-order valence-electron chi connectivity index (χ4n) is 2.12. The monoisotopic (exact) mass is 262 g/mol. The summed E-state index contributed by atoms with van der Waals surface area (Å²) in [5, 5.41) is 6.12. The molecule has 19 heavy (non-hydrogen) atoms. The predicted molar refractivity (Wildman–Crippen MR) is 73.7 cm³/mol. The van der Waals surface area contributed by atoms with Crippen LogP contribution >= 0.6 is 0 Å². The van der Waals surface area contributed by atoms with Crippen molar-refractivity contribution in [3.8, 4) is 0 Å². The Morgan fingerprint density at radius 1 is 1.47 bits per heavy atom. The molecule has 0 aromatic heterocycles. The summed E-state index contributed by atoms with van der Waals surface area (Å²) in [4.78, 5) is 11.9. The van der Waals surface area contributed by atoms with Crippen molar-refractivity contribution < 1.29 is 9.18 Å². The van der Waals surface area contributed by atoms with E-state index in [0.717, 1.165) is 25.9 Å². The van der Waals surface area contributed by atoms with Crippen molar-refractivity contribution in [2.24, 2.45) is 0 Å². The molecule has 0 aliphatic carbocycles. The highest BCUT2D eigenvalue weighted by Gasteiger charge is 2.08. The van der Waals surface area contributed by atoms with Gasteiger partial charge in [-0.25, -0.2) is 4.39 Å². The number of hydrogen-bond acceptors (Lipinski definition) is 2. The van der Waals surface area contributed by atoms with Crippen molar-refractivity contribution in [2.45, 2.75) is 19.8 Å². The van der Waals surface area contributed by atoms with Crippen LogP contribution in [-0.4, -0.2) is 25.5 Å². The van der Waals surface area contributed by atoms with Crippen molar-refractivity contribution in [3.05, 3.63) is 46.8 Å². The van der Waals surface area contributed by atoms with Gasteiger partial charge in [-0.15, -0.1) is 0 Å². The van der Waals surface area contributed by atoms with Gasteiger partial charge in [-0.2, -0.15) is 0 Å². The first kappa shape index (κ1) is 13.7. The fraction of sp³-hybridized carbons (Fsp3) is 0.400. The number of aryl methyl sites for hydroxylation is 1. The van der Waals surface area contributed by atoms with E-state index in [-0.39, 0.29) is 11.7 Å². The Kier molecular flexibility index (Phi) is 4.68. The first-order chi connectivity index (χ1) is 9.16. The fourth-order valence-corrected chi connectivity index (χ4v) is 2.12. The van der Waals surface area contributed by atoms with E-state index in [1.165, 1.54) is 17.7 Å². The molecule has 3 nitrogen and oxygen atoms in total. The molecular formula is C15H19FN2O. The number of carbonyl (C=O) groups is 1. The molecule has 1 aromatic carbocycles. The van der Waals surface area contributed by atoms with Gasteiger partial charge in [0.05, 0.1) is 0 Å². The lowest BCUT2D eigenvalue weighted by molar-refractivity contribution is 0.0954. The predicted octanol–water partition coefficient (Wildman–Crippen LogP) is 2.17. The average Bonchev–Trinajstić information content (AvgIpc) is 2.43. The highest BCUT2D eigenvalue weighted by atomic mass is 19.1. The lowest BCUT2D eigenvalue weighted by Gasteiger charge is -2.14. The molecule has 0 unspecified atom stereocenters. The maximum atomic E-state index is 13.1. The third kappa shape index (κ3) is 3.89. The largest absolute Gasteiger partial charge is 0.352 e. The van der Waals surface area contributed by atoms with E-state index in [1.807, 2.05) is 0 Å². The highest BCUT2D eigenvalue weighted by molar-refractivity contribution is 5.94. The van der Waals surface area contributed by atoms with Gasteiger partial charge < -0.3 is 10.6 Å². The number of nitrogens with one attached hydrogen (secondary N) is 2. The summed E-state index contributed by atoms with van der Waals surface area (Å²) in [7, 11) is 0. The van der Waals surface area contributed by atoms with Gasteiger partial charge in [-0.05, 0) is 50.1 Å². The van der Waals surface area contributed by atoms with Crippen LogP contribution in [0, 0.1) is 12.7 Å². The van der Waals surface area contributed by atoms with Crippen LogP contribution in [-0.2, 0) is 0 Å². The van der Waals surface area contributed by atoms with Gasteiger partial charge in [0.1, 0.15) is 5.82 Å². The Morgan fingerprint density at radius 3 is 3.00 bits per heavy atom. The molecule has 0 fully saturated rings. The summed E-state index contributed by atoms with van der Waals surface area (Å²) in [5.74, 6) is -0.422. The van der Waals surface area contributed by atoms with Crippen molar-refractivity contribution in [2.75, 3.05) is 19.6 Å². The third-order valence-electron chi connectivity index (χ3n) is 3.31. The van der Waals surface area contributed by atoms with E-state index in [1.54, 1.807) is 13.0 Å². The first-order valence-corrected chi connectivity index (χ1v) is 6.60. The SMILES string of the molecule is Cc1cc(C(=O)NCCC2=CCNCC2)ccc1F. The molecule has 1 aliphatic heterocycles. The van der Waals surface area contributed by atoms with E-state index < -0.39 is 0 Å². The van der Waals surface area contributed by atoms with Crippen LogP contribution in [0.2, 0.25) is 0 Å². The van der Waals surface area contributed by atoms with E-state index >= 15 is 0 Å². The molecule has 0 spiro atoms. The van der Waals surface area contributed by atoms with Gasteiger partial charge in [0.2, 0.25) is 0 Å². The minimum absolute atomic E-state index is 0.141. The van der Waals surface area contributed by atoms with Crippen LogP contribution < -0.4 is 10.6 Å². The molecular weight excluding hydrogens is 243 g/mol. The van der Waals surface area contributed by atoms with Crippen LogP contribution in [0.1, 0.15) is 28.8 Å². The van der Waals surface area contributed by atoms with Gasteiger partial charge in [0, 0.05) is 18.7 Å². The molecule has 1 heterocycles. The topological polar surface area (TPSA) is 41.1 Å². The molecule has 2 rings (SSSR count). The average molecular weight is 262 g/mol. The number of benzene rings is 1. The molecule has 0 saturated carbocycles. The molecule has 1 amide bonds. The summed E-state index contributed by atoms with van der Waals surface area (Å²) in [6.07, 6.45) is 4.11. The lowest BCUT2D eigenvalue weighted by atomic mass is 10.1. The van der Waals surface area contributed by atoms with E-state index in [2.05, 4.69) is 16.7 Å². The van der Waals surface area contributed by atoms with Gasteiger partial charge in [0.25, 0.3) is 5.91 Å². The quantitative estimate of drug-likeness (QED) is 0.817. The molecule has 1 aromatic rings. The number of halogens is 1. The lowest BCUT2D eigenvalue weighted by Crippen LogP contribution is -2.26. The van der Waals surface area contributed by atoms with Crippen LogP contribution in [0.4, 0.5) is 4.39 Å². The standard InChI is InChI=1S/C15H19FN2O/c1-11-10-13(2-3-14(11)16)15(19)18-9-6-12-4-7-17-8-5-12/h2-4,10,17H,5-9H2,1H3,(H,18,19). The van der Waals surface area contributed by atoms with Crippen LogP contribution in [0.15, 0.2) is 29.8 Å². The molecule has 0 bridgehead atoms.